The molecular weight excluding hydrogens is 492 g/mol. The molecule has 1 unspecified atom stereocenters. The van der Waals surface area contributed by atoms with Gasteiger partial charge in [0.05, 0.1) is 42.2 Å². The number of hydrogen-bond donors (Lipinski definition) is 2. The first-order chi connectivity index (χ1) is 18.4. The fourth-order valence-electron chi connectivity index (χ4n) is 5.24. The third kappa shape index (κ3) is 4.21. The number of cyclic esters (lactones) is 1. The number of nitrogens with one attached hydrogen (secondary N) is 2. The van der Waals surface area contributed by atoms with Crippen LogP contribution in [-0.4, -0.2) is 80.3 Å². The highest BCUT2D eigenvalue weighted by atomic mass is 16.6. The van der Waals surface area contributed by atoms with Gasteiger partial charge in [-0.3, -0.25) is 20.0 Å². The van der Waals surface area contributed by atoms with Gasteiger partial charge in [-0.2, -0.15) is 0 Å². The maximum Gasteiger partial charge on any atom is 0.416 e. The number of methoxy groups -OCH3 is 2. The topological polar surface area (TPSA) is 127 Å². The number of aromatic nitrogens is 2. The van der Waals surface area contributed by atoms with Crippen molar-refractivity contribution < 1.29 is 28.5 Å². The predicted molar refractivity (Wildman–Crippen MR) is 139 cm³/mol. The molecule has 12 nitrogen and oxygen atoms in total. The second-order valence-corrected chi connectivity index (χ2v) is 9.44. The summed E-state index contributed by atoms with van der Waals surface area (Å²) in [5.41, 5.74) is 3.58. The van der Waals surface area contributed by atoms with Crippen LogP contribution >= 0.6 is 0 Å². The maximum absolute atomic E-state index is 12.9. The highest BCUT2D eigenvalue weighted by Gasteiger charge is 2.44. The van der Waals surface area contributed by atoms with Crippen molar-refractivity contribution in [3.05, 3.63) is 42.6 Å². The molecule has 12 heteroatoms. The first kappa shape index (κ1) is 24.2. The Morgan fingerprint density at radius 2 is 2.00 bits per heavy atom. The number of carbonyl (C=O) groups excluding carboxylic acids is 2. The van der Waals surface area contributed by atoms with Gasteiger partial charge in [-0.15, -0.1) is 0 Å². The zero-order valence-electron chi connectivity index (χ0n) is 21.2. The minimum atomic E-state index is -0.570. The third-order valence-corrected chi connectivity index (χ3v) is 7.18. The third-order valence-electron chi connectivity index (χ3n) is 7.18. The minimum absolute atomic E-state index is 0.0293. The highest BCUT2D eigenvalue weighted by Crippen LogP contribution is 2.35. The fraction of sp³-hybridized carbons (Fsp3) is 0.385. The molecule has 2 fully saturated rings. The largest absolute Gasteiger partial charge is 0.482 e. The number of ether oxygens (including phenoxy) is 4. The second kappa shape index (κ2) is 9.62. The van der Waals surface area contributed by atoms with E-state index in [4.69, 9.17) is 18.9 Å². The molecule has 198 valence electrons. The van der Waals surface area contributed by atoms with Crippen molar-refractivity contribution in [3.63, 3.8) is 0 Å². The molecule has 5 heterocycles. The van der Waals surface area contributed by atoms with Crippen LogP contribution in [0.25, 0.3) is 11.0 Å². The van der Waals surface area contributed by atoms with Gasteiger partial charge in [0, 0.05) is 38.1 Å². The molecule has 0 aliphatic carbocycles. The first-order valence-electron chi connectivity index (χ1n) is 12.3. The summed E-state index contributed by atoms with van der Waals surface area (Å²) in [6, 6.07) is 10.4. The molecule has 38 heavy (non-hydrogen) atoms. The lowest BCUT2D eigenvalue weighted by Gasteiger charge is -2.26. The molecular formula is C26H28N6O6. The van der Waals surface area contributed by atoms with Gasteiger partial charge in [0.1, 0.15) is 11.3 Å². The van der Waals surface area contributed by atoms with Crippen molar-refractivity contribution in [3.8, 4) is 11.6 Å². The van der Waals surface area contributed by atoms with E-state index in [1.807, 2.05) is 19.1 Å². The summed E-state index contributed by atoms with van der Waals surface area (Å²) in [5.74, 6) is 0.843. The van der Waals surface area contributed by atoms with Crippen molar-refractivity contribution in [1.82, 2.24) is 15.3 Å². The Hall–Kier alpha value is -4.16. The number of hydrogen-bond acceptors (Lipinski definition) is 10. The number of rotatable bonds is 6. The molecule has 3 aliphatic heterocycles. The minimum Gasteiger partial charge on any atom is -0.482 e. The number of pyridine rings is 2. The van der Waals surface area contributed by atoms with E-state index < -0.39 is 12.3 Å². The molecule has 3 aromatic rings. The summed E-state index contributed by atoms with van der Waals surface area (Å²) in [4.78, 5) is 37.5. The molecule has 2 N–H and O–H groups in total. The van der Waals surface area contributed by atoms with E-state index in [2.05, 4.69) is 25.5 Å². The van der Waals surface area contributed by atoms with Gasteiger partial charge in [-0.05, 0) is 37.3 Å². The van der Waals surface area contributed by atoms with E-state index in [0.717, 1.165) is 16.7 Å². The maximum atomic E-state index is 12.9. The summed E-state index contributed by atoms with van der Waals surface area (Å²) >= 11 is 0. The monoisotopic (exact) mass is 520 g/mol. The molecule has 0 spiro atoms. The molecule has 0 radical (unpaired) electrons. The lowest BCUT2D eigenvalue weighted by molar-refractivity contribution is -0.118. The summed E-state index contributed by atoms with van der Waals surface area (Å²) in [6.07, 6.45) is 0.566. The van der Waals surface area contributed by atoms with Crippen molar-refractivity contribution in [2.24, 2.45) is 0 Å². The average molecular weight is 521 g/mol. The smallest absolute Gasteiger partial charge is 0.416 e. The molecule has 0 bridgehead atoms. The van der Waals surface area contributed by atoms with E-state index >= 15 is 0 Å². The lowest BCUT2D eigenvalue weighted by atomic mass is 10.1. The van der Waals surface area contributed by atoms with Crippen LogP contribution in [0.4, 0.5) is 21.9 Å². The quantitative estimate of drug-likeness (QED) is 0.499. The number of fused-ring (bicyclic) bond motifs is 2. The van der Waals surface area contributed by atoms with Crippen molar-refractivity contribution in [1.29, 1.82) is 0 Å². The number of nitrogens with zero attached hydrogens (tertiary/aromatic N) is 4. The number of amides is 2. The van der Waals surface area contributed by atoms with Gasteiger partial charge in [-0.25, -0.2) is 9.78 Å². The predicted octanol–water partition coefficient (Wildman–Crippen LogP) is 2.13. The molecule has 2 amide bonds. The Morgan fingerprint density at radius 3 is 2.82 bits per heavy atom. The van der Waals surface area contributed by atoms with Gasteiger partial charge in [0.25, 0.3) is 5.91 Å². The van der Waals surface area contributed by atoms with E-state index in [0.29, 0.717) is 36.1 Å². The fourth-order valence-corrected chi connectivity index (χ4v) is 5.24. The SMILES string of the molecule is COc1ccc2nccc(N3C[C@H](NC4OC(=O)N(c5ccc6c(c5)NC(=O)CO6)[C@@H]4C)[C@@H](OC)C3)c2n1. The van der Waals surface area contributed by atoms with Gasteiger partial charge in [0.15, 0.2) is 12.8 Å². The Kier molecular flexibility index (Phi) is 6.12. The molecule has 6 rings (SSSR count). The molecule has 1 aromatic carbocycles. The normalized spacial score (nSPS) is 24.7. The number of benzene rings is 1. The van der Waals surface area contributed by atoms with Crippen LogP contribution in [0.15, 0.2) is 42.6 Å². The Labute approximate surface area is 218 Å². The van der Waals surface area contributed by atoms with E-state index in [1.54, 1.807) is 49.6 Å². The van der Waals surface area contributed by atoms with Crippen LogP contribution in [0.1, 0.15) is 6.92 Å². The zero-order valence-corrected chi connectivity index (χ0v) is 21.2. The molecule has 3 aliphatic rings. The summed E-state index contributed by atoms with van der Waals surface area (Å²) in [6.45, 7) is 3.12. The Bertz CT molecular complexity index is 1400. The second-order valence-electron chi connectivity index (χ2n) is 9.44. The van der Waals surface area contributed by atoms with E-state index in [9.17, 15) is 9.59 Å². The van der Waals surface area contributed by atoms with Crippen molar-refractivity contribution in [2.45, 2.75) is 31.3 Å². The first-order valence-corrected chi connectivity index (χ1v) is 12.3. The van der Waals surface area contributed by atoms with Gasteiger partial charge in [0.2, 0.25) is 5.88 Å². The standard InChI is InChI=1S/C26H28N6O6/c1-14-25(38-26(34)32(14)15-4-6-20-17(10-15)28-22(33)13-37-20)29-18-11-31(12-21(18)35-2)19-8-9-27-16-5-7-23(36-3)30-24(16)19/h4-10,14,18,21,25,29H,11-13H2,1-3H3,(H,28,33)/t14-,18+,21+,25?/m1/s1. The zero-order chi connectivity index (χ0) is 26.4. The van der Waals surface area contributed by atoms with Crippen LogP contribution in [0.5, 0.6) is 11.6 Å². The average Bonchev–Trinajstić information content (AvgIpc) is 3.46. The van der Waals surface area contributed by atoms with Crippen LogP contribution in [-0.2, 0) is 14.3 Å². The number of anilines is 3. The summed E-state index contributed by atoms with van der Waals surface area (Å²) in [5, 5.41) is 6.27. The van der Waals surface area contributed by atoms with E-state index in [1.165, 1.54) is 0 Å². The molecule has 2 saturated heterocycles. The Morgan fingerprint density at radius 1 is 1.13 bits per heavy atom. The number of carbonyl (C=O) groups is 2. The summed E-state index contributed by atoms with van der Waals surface area (Å²) in [7, 11) is 3.26. The van der Waals surface area contributed by atoms with Crippen LogP contribution in [0, 0.1) is 0 Å². The van der Waals surface area contributed by atoms with Crippen LogP contribution in [0.2, 0.25) is 0 Å². The van der Waals surface area contributed by atoms with Crippen LogP contribution in [0.3, 0.4) is 0 Å². The van der Waals surface area contributed by atoms with Crippen molar-refractivity contribution in [2.75, 3.05) is 49.0 Å². The molecule has 4 atom stereocenters. The summed E-state index contributed by atoms with van der Waals surface area (Å²) < 4.78 is 22.3. The van der Waals surface area contributed by atoms with Gasteiger partial charge >= 0.3 is 6.09 Å². The van der Waals surface area contributed by atoms with E-state index in [-0.39, 0.29) is 30.7 Å². The molecule has 0 saturated carbocycles. The lowest BCUT2D eigenvalue weighted by Crippen LogP contribution is -2.50. The van der Waals surface area contributed by atoms with Gasteiger partial charge < -0.3 is 29.2 Å². The van der Waals surface area contributed by atoms with Crippen molar-refractivity contribution >= 4 is 40.1 Å². The molecule has 2 aromatic heterocycles. The highest BCUT2D eigenvalue weighted by molar-refractivity contribution is 5.98. The van der Waals surface area contributed by atoms with Gasteiger partial charge in [-0.1, -0.05) is 0 Å². The van der Waals surface area contributed by atoms with Crippen LogP contribution < -0.4 is 29.9 Å². The Balaban J connectivity index is 1.20.